The Morgan fingerprint density at radius 1 is 1.11 bits per heavy atom. The minimum Gasteiger partial charge on any atom is -0.0649 e. The molecule has 0 heteroatoms. The highest BCUT2D eigenvalue weighted by Crippen LogP contribution is 2.65. The van der Waals surface area contributed by atoms with Crippen LogP contribution < -0.4 is 0 Å². The Morgan fingerprint density at radius 3 is 2.05 bits per heavy atom. The summed E-state index contributed by atoms with van der Waals surface area (Å²) in [5.41, 5.74) is 1.79. The summed E-state index contributed by atoms with van der Waals surface area (Å²) in [7, 11) is 0. The van der Waals surface area contributed by atoms with E-state index in [0.717, 1.165) is 11.8 Å². The highest BCUT2D eigenvalue weighted by Gasteiger charge is 2.56. The molecular weight excluding hydrogens is 228 g/mol. The third-order valence-electron chi connectivity index (χ3n) is 6.77. The molecular formula is C19H38. The molecule has 0 N–H and O–H groups in total. The molecule has 0 radical (unpaired) electrons. The lowest BCUT2D eigenvalue weighted by atomic mass is 9.73. The lowest BCUT2D eigenvalue weighted by Crippen LogP contribution is -2.22. The van der Waals surface area contributed by atoms with Crippen molar-refractivity contribution in [1.29, 1.82) is 0 Å². The van der Waals surface area contributed by atoms with Crippen molar-refractivity contribution < 1.29 is 0 Å². The molecule has 1 rings (SSSR count). The quantitative estimate of drug-likeness (QED) is 0.459. The van der Waals surface area contributed by atoms with Crippen molar-refractivity contribution in [1.82, 2.24) is 0 Å². The van der Waals surface area contributed by atoms with E-state index in [1.54, 1.807) is 0 Å². The fourth-order valence-corrected chi connectivity index (χ4v) is 3.59. The number of rotatable bonds is 8. The van der Waals surface area contributed by atoms with Crippen LogP contribution in [-0.2, 0) is 0 Å². The maximum absolute atomic E-state index is 2.49. The lowest BCUT2D eigenvalue weighted by Gasteiger charge is -2.32. The van der Waals surface area contributed by atoms with Gasteiger partial charge >= 0.3 is 0 Å². The molecule has 1 aliphatic carbocycles. The van der Waals surface area contributed by atoms with Crippen LogP contribution in [0.15, 0.2) is 0 Å². The minimum absolute atomic E-state index is 0.513. The highest BCUT2D eigenvalue weighted by molar-refractivity contribution is 5.05. The Labute approximate surface area is 122 Å². The first-order valence-electron chi connectivity index (χ1n) is 8.54. The maximum Gasteiger partial charge on any atom is -0.0269 e. The molecule has 114 valence electrons. The summed E-state index contributed by atoms with van der Waals surface area (Å²) in [6.45, 7) is 19.5. The second kappa shape index (κ2) is 5.78. The first kappa shape index (κ1) is 17.1. The van der Waals surface area contributed by atoms with Gasteiger partial charge in [-0.05, 0) is 47.3 Å². The van der Waals surface area contributed by atoms with Crippen LogP contribution in [0.2, 0.25) is 0 Å². The Balaban J connectivity index is 2.24. The molecule has 1 saturated carbocycles. The van der Waals surface area contributed by atoms with E-state index in [0.29, 0.717) is 16.2 Å². The molecule has 3 atom stereocenters. The molecule has 0 heterocycles. The monoisotopic (exact) mass is 266 g/mol. The van der Waals surface area contributed by atoms with E-state index in [-0.39, 0.29) is 0 Å². The molecule has 3 unspecified atom stereocenters. The second-order valence-corrected chi connectivity index (χ2v) is 9.10. The van der Waals surface area contributed by atoms with Crippen molar-refractivity contribution in [3.63, 3.8) is 0 Å². The number of hydrogen-bond donors (Lipinski definition) is 0. The predicted molar refractivity (Wildman–Crippen MR) is 87.4 cm³/mol. The second-order valence-electron chi connectivity index (χ2n) is 9.10. The Bertz CT molecular complexity index is 286. The Kier molecular flexibility index (Phi) is 5.19. The fourth-order valence-electron chi connectivity index (χ4n) is 3.59. The van der Waals surface area contributed by atoms with Crippen LogP contribution in [0.4, 0.5) is 0 Å². The number of hydrogen-bond acceptors (Lipinski definition) is 0. The van der Waals surface area contributed by atoms with E-state index >= 15 is 0 Å². The van der Waals surface area contributed by atoms with E-state index in [4.69, 9.17) is 0 Å². The average Bonchev–Trinajstić information content (AvgIpc) is 2.77. The van der Waals surface area contributed by atoms with Gasteiger partial charge in [0.2, 0.25) is 0 Å². The van der Waals surface area contributed by atoms with Crippen LogP contribution in [-0.4, -0.2) is 0 Å². The first-order valence-corrected chi connectivity index (χ1v) is 8.54. The van der Waals surface area contributed by atoms with E-state index < -0.39 is 0 Å². The van der Waals surface area contributed by atoms with Crippen molar-refractivity contribution in [3.05, 3.63) is 0 Å². The van der Waals surface area contributed by atoms with Gasteiger partial charge in [-0.3, -0.25) is 0 Å². The molecule has 0 aliphatic heterocycles. The van der Waals surface area contributed by atoms with Gasteiger partial charge in [-0.1, -0.05) is 74.7 Å². The van der Waals surface area contributed by atoms with Gasteiger partial charge in [-0.15, -0.1) is 0 Å². The molecule has 0 saturated heterocycles. The first-order chi connectivity index (χ1) is 8.54. The molecule has 0 spiro atoms. The summed E-state index contributed by atoms with van der Waals surface area (Å²) in [5, 5.41) is 0. The molecule has 1 aliphatic rings. The van der Waals surface area contributed by atoms with Crippen LogP contribution in [0.5, 0.6) is 0 Å². The average molecular weight is 267 g/mol. The molecule has 0 aromatic rings. The van der Waals surface area contributed by atoms with Crippen molar-refractivity contribution in [3.8, 4) is 0 Å². The van der Waals surface area contributed by atoms with E-state index in [1.165, 1.54) is 38.5 Å². The molecule has 0 aromatic heterocycles. The fraction of sp³-hybridized carbons (Fsp3) is 1.00. The zero-order valence-electron chi connectivity index (χ0n) is 14.9. The normalized spacial score (nSPS) is 29.1. The Hall–Kier alpha value is 0. The summed E-state index contributed by atoms with van der Waals surface area (Å²) >= 11 is 0. The van der Waals surface area contributed by atoms with Gasteiger partial charge in [-0.25, -0.2) is 0 Å². The van der Waals surface area contributed by atoms with Gasteiger partial charge in [0.05, 0.1) is 0 Å². The third kappa shape index (κ3) is 4.23. The summed E-state index contributed by atoms with van der Waals surface area (Å²) in [5.74, 6) is 1.74. The standard InChI is InChI=1S/C19H38/c1-9-17(4,5)16(3)13-15(2)11-10-12-19(8)14-18(19,6)7/h15-16H,9-14H2,1-8H3. The van der Waals surface area contributed by atoms with Crippen molar-refractivity contribution in [2.24, 2.45) is 28.1 Å². The summed E-state index contributed by atoms with van der Waals surface area (Å²) in [6, 6.07) is 0. The molecule has 0 aromatic carbocycles. The maximum atomic E-state index is 2.49. The largest absolute Gasteiger partial charge is 0.0649 e. The van der Waals surface area contributed by atoms with Crippen molar-refractivity contribution in [2.75, 3.05) is 0 Å². The van der Waals surface area contributed by atoms with E-state index in [2.05, 4.69) is 55.4 Å². The summed E-state index contributed by atoms with van der Waals surface area (Å²) in [4.78, 5) is 0. The van der Waals surface area contributed by atoms with Crippen LogP contribution >= 0.6 is 0 Å². The van der Waals surface area contributed by atoms with Crippen molar-refractivity contribution in [2.45, 2.75) is 93.9 Å². The summed E-state index contributed by atoms with van der Waals surface area (Å²) < 4.78 is 0. The van der Waals surface area contributed by atoms with Crippen molar-refractivity contribution >= 4 is 0 Å². The van der Waals surface area contributed by atoms with Gasteiger partial charge < -0.3 is 0 Å². The Morgan fingerprint density at radius 2 is 1.63 bits per heavy atom. The van der Waals surface area contributed by atoms with E-state index in [9.17, 15) is 0 Å². The summed E-state index contributed by atoms with van der Waals surface area (Å²) in [6.07, 6.45) is 8.44. The zero-order valence-corrected chi connectivity index (χ0v) is 14.9. The molecule has 19 heavy (non-hydrogen) atoms. The molecule has 0 bridgehead atoms. The zero-order chi connectivity index (χ0) is 14.9. The van der Waals surface area contributed by atoms with Gasteiger partial charge in [0.1, 0.15) is 0 Å². The van der Waals surface area contributed by atoms with Gasteiger partial charge in [0.15, 0.2) is 0 Å². The van der Waals surface area contributed by atoms with Gasteiger partial charge in [-0.2, -0.15) is 0 Å². The highest BCUT2D eigenvalue weighted by atomic mass is 14.6. The lowest BCUT2D eigenvalue weighted by molar-refractivity contribution is 0.182. The van der Waals surface area contributed by atoms with Crippen LogP contribution in [0.1, 0.15) is 93.9 Å². The molecule has 1 fully saturated rings. The third-order valence-corrected chi connectivity index (χ3v) is 6.77. The van der Waals surface area contributed by atoms with Crippen LogP contribution in [0.25, 0.3) is 0 Å². The minimum atomic E-state index is 0.513. The van der Waals surface area contributed by atoms with Crippen LogP contribution in [0.3, 0.4) is 0 Å². The van der Waals surface area contributed by atoms with Crippen LogP contribution in [0, 0.1) is 28.1 Å². The van der Waals surface area contributed by atoms with E-state index in [1.807, 2.05) is 0 Å². The SMILES string of the molecule is CCC(C)(C)C(C)CC(C)CCCC1(C)CC1(C)C. The topological polar surface area (TPSA) is 0 Å². The van der Waals surface area contributed by atoms with Gasteiger partial charge in [0.25, 0.3) is 0 Å². The molecule has 0 amide bonds. The predicted octanol–water partition coefficient (Wildman–Crippen LogP) is 6.69. The smallest absolute Gasteiger partial charge is 0.0269 e. The van der Waals surface area contributed by atoms with Gasteiger partial charge in [0, 0.05) is 0 Å². The molecule has 0 nitrogen and oxygen atoms in total.